The summed E-state index contributed by atoms with van der Waals surface area (Å²) in [5.41, 5.74) is -0.134. The summed E-state index contributed by atoms with van der Waals surface area (Å²) in [7, 11) is -0.578. The predicted molar refractivity (Wildman–Crippen MR) is 120 cm³/mol. The van der Waals surface area contributed by atoms with Crippen LogP contribution in [-0.4, -0.2) is 65.5 Å². The molecular weight excluding hydrogens is 398 g/mol. The van der Waals surface area contributed by atoms with Crippen LogP contribution in [0.2, 0.25) is 0 Å². The van der Waals surface area contributed by atoms with Crippen molar-refractivity contribution in [2.75, 3.05) is 19.6 Å². The van der Waals surface area contributed by atoms with Crippen molar-refractivity contribution in [2.24, 2.45) is 0 Å². The molecule has 2 fully saturated rings. The van der Waals surface area contributed by atoms with Crippen molar-refractivity contribution in [2.45, 2.75) is 84.8 Å². The number of carbonyl (C=O) groups is 1. The Morgan fingerprint density at radius 3 is 2.32 bits per heavy atom. The molecule has 0 spiro atoms. The molecule has 1 atom stereocenters. The van der Waals surface area contributed by atoms with E-state index in [-0.39, 0.29) is 18.0 Å². The molecule has 0 aliphatic carbocycles. The molecule has 1 aromatic carbocycles. The van der Waals surface area contributed by atoms with Gasteiger partial charge in [0.2, 0.25) is 0 Å². The van der Waals surface area contributed by atoms with Crippen molar-refractivity contribution >= 4 is 18.7 Å². The summed E-state index contributed by atoms with van der Waals surface area (Å²) in [4.78, 5) is 16.3. The number of carbonyl (C=O) groups excluding carboxylic acids is 1. The van der Waals surface area contributed by atoms with E-state index in [1.807, 2.05) is 61.5 Å². The number of halogens is 1. The highest BCUT2D eigenvalue weighted by Crippen LogP contribution is 2.36. The number of hydrogen-bond acceptors (Lipinski definition) is 5. The quantitative estimate of drug-likeness (QED) is 0.681. The highest BCUT2D eigenvalue weighted by atomic mass is 19.1. The first-order valence-electron chi connectivity index (χ1n) is 11.0. The number of ether oxygens (including phenoxy) is 1. The molecule has 2 aliphatic rings. The van der Waals surface area contributed by atoms with E-state index < -0.39 is 23.9 Å². The molecule has 1 amide bonds. The van der Waals surface area contributed by atoms with Gasteiger partial charge in [-0.2, -0.15) is 0 Å². The lowest BCUT2D eigenvalue weighted by atomic mass is 9.78. The number of rotatable bonds is 3. The maximum atomic E-state index is 14.9. The standard InChI is InChI=1S/C23H36BFN2O4/c1-16-14-26(11-12-27(16)20(28)29-21(2,3)4)15-17-9-10-18(13-19(17)25)24-30-22(5,6)23(7,8)31-24/h9-10,13,16H,11-12,14-15H2,1-8H3. The molecule has 3 rings (SSSR count). The number of benzene rings is 1. The Hall–Kier alpha value is -1.64. The average Bonchev–Trinajstić information content (AvgIpc) is 2.83. The Balaban J connectivity index is 1.61. The largest absolute Gasteiger partial charge is 0.494 e. The van der Waals surface area contributed by atoms with Crippen molar-refractivity contribution in [3.8, 4) is 0 Å². The smallest absolute Gasteiger partial charge is 0.444 e. The fourth-order valence-electron chi connectivity index (χ4n) is 3.83. The van der Waals surface area contributed by atoms with Gasteiger partial charge in [-0.05, 0) is 66.9 Å². The zero-order valence-corrected chi connectivity index (χ0v) is 20.1. The minimum absolute atomic E-state index is 0.00399. The molecule has 0 bridgehead atoms. The molecule has 1 aromatic rings. The molecule has 0 N–H and O–H groups in total. The van der Waals surface area contributed by atoms with Crippen molar-refractivity contribution < 1.29 is 23.2 Å². The average molecular weight is 434 g/mol. The molecule has 31 heavy (non-hydrogen) atoms. The van der Waals surface area contributed by atoms with Crippen molar-refractivity contribution in [1.82, 2.24) is 9.80 Å². The Kier molecular flexibility index (Phi) is 6.49. The topological polar surface area (TPSA) is 51.2 Å². The first kappa shape index (κ1) is 24.0. The van der Waals surface area contributed by atoms with E-state index in [1.54, 1.807) is 11.0 Å². The van der Waals surface area contributed by atoms with Crippen LogP contribution in [0, 0.1) is 5.82 Å². The molecular formula is C23H36BFN2O4. The molecule has 0 aromatic heterocycles. The number of piperazine rings is 1. The van der Waals surface area contributed by atoms with E-state index in [1.165, 1.54) is 6.07 Å². The second kappa shape index (κ2) is 8.37. The monoisotopic (exact) mass is 434 g/mol. The van der Waals surface area contributed by atoms with Crippen molar-refractivity contribution in [1.29, 1.82) is 0 Å². The lowest BCUT2D eigenvalue weighted by molar-refractivity contribution is 0.000438. The van der Waals surface area contributed by atoms with Crippen LogP contribution in [-0.2, 0) is 20.6 Å². The van der Waals surface area contributed by atoms with Gasteiger partial charge in [-0.3, -0.25) is 4.90 Å². The van der Waals surface area contributed by atoms with Gasteiger partial charge in [0, 0.05) is 37.8 Å². The van der Waals surface area contributed by atoms with Gasteiger partial charge in [0.05, 0.1) is 11.2 Å². The molecule has 2 saturated heterocycles. The molecule has 1 unspecified atom stereocenters. The lowest BCUT2D eigenvalue weighted by Crippen LogP contribution is -2.54. The Morgan fingerprint density at radius 2 is 1.81 bits per heavy atom. The predicted octanol–water partition coefficient (Wildman–Crippen LogP) is 3.57. The normalized spacial score (nSPS) is 23.8. The van der Waals surface area contributed by atoms with E-state index in [0.717, 1.165) is 0 Å². The zero-order valence-electron chi connectivity index (χ0n) is 20.1. The summed E-state index contributed by atoms with van der Waals surface area (Å²) < 4.78 is 32.5. The van der Waals surface area contributed by atoms with Crippen LogP contribution in [0.15, 0.2) is 18.2 Å². The zero-order chi connectivity index (χ0) is 23.2. The first-order valence-corrected chi connectivity index (χ1v) is 11.0. The van der Waals surface area contributed by atoms with Gasteiger partial charge >= 0.3 is 13.2 Å². The third kappa shape index (κ3) is 5.41. The van der Waals surface area contributed by atoms with Crippen molar-refractivity contribution in [3.63, 3.8) is 0 Å². The van der Waals surface area contributed by atoms with Gasteiger partial charge < -0.3 is 18.9 Å². The summed E-state index contributed by atoms with van der Waals surface area (Å²) >= 11 is 0. The highest BCUT2D eigenvalue weighted by Gasteiger charge is 2.51. The van der Waals surface area contributed by atoms with Crippen LogP contribution >= 0.6 is 0 Å². The Bertz CT molecular complexity index is 808. The Labute approximate surface area is 186 Å². The van der Waals surface area contributed by atoms with Gasteiger partial charge in [0.15, 0.2) is 0 Å². The molecule has 2 heterocycles. The first-order chi connectivity index (χ1) is 14.2. The van der Waals surface area contributed by atoms with E-state index in [2.05, 4.69) is 4.90 Å². The van der Waals surface area contributed by atoms with E-state index in [4.69, 9.17) is 14.0 Å². The van der Waals surface area contributed by atoms with Crippen LogP contribution in [0.4, 0.5) is 9.18 Å². The molecule has 0 saturated carbocycles. The van der Waals surface area contributed by atoms with Crippen LogP contribution in [0.5, 0.6) is 0 Å². The SMILES string of the molecule is CC1CN(Cc2ccc(B3OC(C)(C)C(C)(C)O3)cc2F)CCN1C(=O)OC(C)(C)C. The second-order valence-electron chi connectivity index (χ2n) is 10.7. The van der Waals surface area contributed by atoms with Gasteiger partial charge in [0.1, 0.15) is 11.4 Å². The number of amides is 1. The number of nitrogens with zero attached hydrogens (tertiary/aromatic N) is 2. The summed E-state index contributed by atoms with van der Waals surface area (Å²) in [6.45, 7) is 17.9. The Morgan fingerprint density at radius 1 is 1.19 bits per heavy atom. The molecule has 2 aliphatic heterocycles. The number of hydrogen-bond donors (Lipinski definition) is 0. The van der Waals surface area contributed by atoms with Crippen LogP contribution in [0.3, 0.4) is 0 Å². The molecule has 0 radical (unpaired) electrons. The lowest BCUT2D eigenvalue weighted by Gasteiger charge is -2.40. The molecule has 6 nitrogen and oxygen atoms in total. The summed E-state index contributed by atoms with van der Waals surface area (Å²) in [5, 5.41) is 0. The third-order valence-corrected chi connectivity index (χ3v) is 6.34. The van der Waals surface area contributed by atoms with E-state index in [0.29, 0.717) is 37.2 Å². The maximum Gasteiger partial charge on any atom is 0.494 e. The molecule has 172 valence electrons. The summed E-state index contributed by atoms with van der Waals surface area (Å²) in [6.07, 6.45) is -0.294. The van der Waals surface area contributed by atoms with Crippen LogP contribution < -0.4 is 5.46 Å². The summed E-state index contributed by atoms with van der Waals surface area (Å²) in [6, 6.07) is 5.19. The van der Waals surface area contributed by atoms with Crippen molar-refractivity contribution in [3.05, 3.63) is 29.6 Å². The van der Waals surface area contributed by atoms with Crippen LogP contribution in [0.1, 0.15) is 61.0 Å². The van der Waals surface area contributed by atoms with E-state index in [9.17, 15) is 9.18 Å². The minimum atomic E-state index is -0.578. The van der Waals surface area contributed by atoms with Gasteiger partial charge in [-0.25, -0.2) is 9.18 Å². The van der Waals surface area contributed by atoms with E-state index >= 15 is 0 Å². The second-order valence-corrected chi connectivity index (χ2v) is 10.7. The summed E-state index contributed by atoms with van der Waals surface area (Å²) in [5.74, 6) is -0.269. The fraction of sp³-hybridized carbons (Fsp3) is 0.696. The highest BCUT2D eigenvalue weighted by molar-refractivity contribution is 6.62. The maximum absolute atomic E-state index is 14.9. The van der Waals surface area contributed by atoms with Gasteiger partial charge in [-0.15, -0.1) is 0 Å². The molecule has 8 heteroatoms. The van der Waals surface area contributed by atoms with Gasteiger partial charge in [0.25, 0.3) is 0 Å². The minimum Gasteiger partial charge on any atom is -0.444 e. The fourth-order valence-corrected chi connectivity index (χ4v) is 3.83. The van der Waals surface area contributed by atoms with Crippen LogP contribution in [0.25, 0.3) is 0 Å². The third-order valence-electron chi connectivity index (χ3n) is 6.34. The van der Waals surface area contributed by atoms with Gasteiger partial charge in [-0.1, -0.05) is 12.1 Å².